The highest BCUT2D eigenvalue weighted by molar-refractivity contribution is 6.00. The average Bonchev–Trinajstić information content (AvgIpc) is 4.04. The lowest BCUT2D eigenvalue weighted by atomic mass is 9.96. The molecule has 71 heavy (non-hydrogen) atoms. The third kappa shape index (κ3) is 17.4. The van der Waals surface area contributed by atoms with Gasteiger partial charge in [0.05, 0.1) is 19.3 Å². The lowest BCUT2D eigenvalue weighted by molar-refractivity contribution is -0.142. The molecular formula is C44H62N14O13. The largest absolute Gasteiger partial charge is 0.508 e. The van der Waals surface area contributed by atoms with Crippen molar-refractivity contribution in [2.24, 2.45) is 23.1 Å². The van der Waals surface area contributed by atoms with Crippen LogP contribution in [-0.2, 0) is 70.4 Å². The summed E-state index contributed by atoms with van der Waals surface area (Å²) >= 11 is 0. The Morgan fingerprint density at radius 3 is 2.11 bits per heavy atom. The smallest absolute Gasteiger partial charge is 0.247 e. The zero-order valence-corrected chi connectivity index (χ0v) is 39.2. The number of nitrogens with one attached hydrogen (secondary N) is 9. The van der Waals surface area contributed by atoms with E-state index in [0.29, 0.717) is 17.7 Å². The van der Waals surface area contributed by atoms with E-state index in [1.165, 1.54) is 36.8 Å². The molecule has 0 bridgehead atoms. The van der Waals surface area contributed by atoms with Crippen molar-refractivity contribution in [1.29, 1.82) is 0 Å². The summed E-state index contributed by atoms with van der Waals surface area (Å²) in [7, 11) is 0. The Balaban J connectivity index is 1.70. The number of rotatable bonds is 17. The highest BCUT2D eigenvalue weighted by atomic mass is 16.3. The highest BCUT2D eigenvalue weighted by Gasteiger charge is 2.41. The number of aromatic hydroxyl groups is 1. The zero-order chi connectivity index (χ0) is 52.4. The molecule has 0 spiro atoms. The van der Waals surface area contributed by atoms with Gasteiger partial charge in [0, 0.05) is 57.1 Å². The van der Waals surface area contributed by atoms with Crippen LogP contribution in [-0.4, -0.2) is 153 Å². The number of primary amides is 3. The molecule has 27 nitrogen and oxygen atoms in total. The first-order valence-electron chi connectivity index (χ1n) is 22.9. The second kappa shape index (κ2) is 26.6. The number of phenols is 1. The average molecular weight is 995 g/mol. The number of phenolic OH excluding ortho intramolecular Hbond substituents is 1. The molecule has 0 radical (unpaired) electrons. The van der Waals surface area contributed by atoms with Gasteiger partial charge in [0.25, 0.3) is 0 Å². The number of imidazole rings is 1. The summed E-state index contributed by atoms with van der Waals surface area (Å²) in [4.78, 5) is 168. The number of nitrogens with zero attached hydrogens (tertiary/aromatic N) is 2. The van der Waals surface area contributed by atoms with Gasteiger partial charge in [-0.3, -0.25) is 57.5 Å². The molecule has 1 aromatic carbocycles. The van der Waals surface area contributed by atoms with Crippen LogP contribution in [0.4, 0.5) is 0 Å². The number of H-pyrrole nitrogens is 1. The Hall–Kier alpha value is -8.13. The van der Waals surface area contributed by atoms with Crippen LogP contribution in [0.3, 0.4) is 0 Å². The van der Waals surface area contributed by atoms with Gasteiger partial charge in [-0.25, -0.2) is 4.98 Å². The minimum Gasteiger partial charge on any atom is -0.508 e. The number of amides is 12. The Labute approximate surface area is 407 Å². The number of likely N-dealkylation sites (tertiary alicyclic amines) is 1. The van der Waals surface area contributed by atoms with Gasteiger partial charge in [-0.05, 0) is 42.9 Å². The lowest BCUT2D eigenvalue weighted by Crippen LogP contribution is -2.62. The van der Waals surface area contributed by atoms with Gasteiger partial charge in [-0.15, -0.1) is 0 Å². The van der Waals surface area contributed by atoms with Crippen molar-refractivity contribution in [1.82, 2.24) is 57.4 Å². The third-order valence-electron chi connectivity index (χ3n) is 11.8. The van der Waals surface area contributed by atoms with E-state index in [0.717, 1.165) is 4.90 Å². The van der Waals surface area contributed by atoms with Crippen molar-refractivity contribution in [3.05, 3.63) is 48.0 Å². The maximum atomic E-state index is 14.5. The molecule has 2 aromatic rings. The fraction of sp³-hybridized carbons (Fsp3) is 0.523. The minimum absolute atomic E-state index is 0.0598. The Morgan fingerprint density at radius 1 is 0.817 bits per heavy atom. The van der Waals surface area contributed by atoms with E-state index in [2.05, 4.69) is 52.5 Å². The van der Waals surface area contributed by atoms with E-state index in [1.54, 1.807) is 13.8 Å². The molecule has 2 fully saturated rings. The van der Waals surface area contributed by atoms with E-state index in [1.807, 2.05) is 0 Å². The molecule has 0 saturated carbocycles. The van der Waals surface area contributed by atoms with E-state index in [-0.39, 0.29) is 38.0 Å². The molecule has 386 valence electrons. The van der Waals surface area contributed by atoms with Crippen LogP contribution in [0.2, 0.25) is 0 Å². The molecule has 4 rings (SSSR count). The van der Waals surface area contributed by atoms with Crippen molar-refractivity contribution >= 4 is 70.9 Å². The summed E-state index contributed by atoms with van der Waals surface area (Å²) in [6.45, 7) is 2.07. The zero-order valence-electron chi connectivity index (χ0n) is 39.2. The normalized spacial score (nSPS) is 22.7. The van der Waals surface area contributed by atoms with E-state index in [9.17, 15) is 62.6 Å². The maximum Gasteiger partial charge on any atom is 0.247 e. The van der Waals surface area contributed by atoms with Crippen LogP contribution in [0.25, 0.3) is 0 Å². The minimum atomic E-state index is -1.85. The molecule has 0 aliphatic carbocycles. The topological polar surface area (TPSA) is 431 Å². The van der Waals surface area contributed by atoms with Crippen molar-refractivity contribution in [2.75, 3.05) is 19.6 Å². The van der Waals surface area contributed by atoms with Gasteiger partial charge in [0.1, 0.15) is 48.0 Å². The first kappa shape index (κ1) is 55.5. The summed E-state index contributed by atoms with van der Waals surface area (Å²) < 4.78 is 0. The number of aromatic nitrogens is 2. The second-order valence-electron chi connectivity index (χ2n) is 17.2. The Morgan fingerprint density at radius 2 is 1.48 bits per heavy atom. The number of hydrogen-bond acceptors (Lipinski definition) is 14. The third-order valence-corrected chi connectivity index (χ3v) is 11.8. The summed E-state index contributed by atoms with van der Waals surface area (Å²) in [6, 6.07) is -4.73. The molecule has 2 aliphatic heterocycles. The quantitative estimate of drug-likeness (QED) is 0.0704. The Kier molecular flexibility index (Phi) is 20.8. The molecule has 16 N–H and O–H groups in total. The molecule has 1 aromatic heterocycles. The van der Waals surface area contributed by atoms with Crippen LogP contribution in [0.1, 0.15) is 76.5 Å². The Bertz CT molecular complexity index is 2290. The van der Waals surface area contributed by atoms with Crippen LogP contribution in [0, 0.1) is 5.92 Å². The van der Waals surface area contributed by atoms with Gasteiger partial charge in [-0.1, -0.05) is 32.4 Å². The van der Waals surface area contributed by atoms with Crippen molar-refractivity contribution in [3.63, 3.8) is 0 Å². The fourth-order valence-electron chi connectivity index (χ4n) is 7.70. The van der Waals surface area contributed by atoms with E-state index >= 15 is 0 Å². The molecule has 0 unspecified atom stereocenters. The summed E-state index contributed by atoms with van der Waals surface area (Å²) in [5, 5.41) is 29.7. The summed E-state index contributed by atoms with van der Waals surface area (Å²) in [5.41, 5.74) is 17.0. The van der Waals surface area contributed by atoms with E-state index < -0.39 is 164 Å². The monoisotopic (exact) mass is 994 g/mol. The first-order valence-corrected chi connectivity index (χ1v) is 22.9. The van der Waals surface area contributed by atoms with Crippen molar-refractivity contribution in [2.45, 2.75) is 120 Å². The predicted molar refractivity (Wildman–Crippen MR) is 247 cm³/mol. The summed E-state index contributed by atoms with van der Waals surface area (Å²) in [6.07, 6.45) is 0.352. The standard InChI is InChI=1S/C44H62N14O13/c1-3-22(2)37-43(70)53-26(10-11-32(45)60)39(66)54-29(17-33(46)61)40(67)56-30(19-49-35(63)12-13-36(64)52-27(41(68)57-37)15-23-6-8-25(59)9-7-23)44(71)58-14-4-5-31(58)42(69)55-28(16-24-18-48-21-51-24)38(65)50-20-34(47)62/h6-9,18,21-22,26-31,37,59H,3-5,10-17,19-20H2,1-2H3,(H2,45,60)(H2,46,61)(H2,47,62)(H,48,51)(H,49,63)(H,50,65)(H,52,64)(H,53,70)(H,54,66)(H,55,69)(H,56,67)(H,57,68)/t22-,26-,27-,28-,29-,30-,31-,37-/m0/s1. The van der Waals surface area contributed by atoms with Crippen LogP contribution >= 0.6 is 0 Å². The predicted octanol–water partition coefficient (Wildman–Crippen LogP) is -5.50. The highest BCUT2D eigenvalue weighted by Crippen LogP contribution is 2.20. The van der Waals surface area contributed by atoms with Gasteiger partial charge >= 0.3 is 0 Å². The van der Waals surface area contributed by atoms with Crippen LogP contribution < -0.4 is 59.7 Å². The van der Waals surface area contributed by atoms with E-state index in [4.69, 9.17) is 17.2 Å². The number of benzene rings is 1. The number of carbonyl (C=O) groups is 12. The second-order valence-corrected chi connectivity index (χ2v) is 17.2. The fourth-order valence-corrected chi connectivity index (χ4v) is 7.70. The number of carbonyl (C=O) groups excluding carboxylic acids is 12. The van der Waals surface area contributed by atoms with Crippen LogP contribution in [0.5, 0.6) is 5.75 Å². The molecule has 2 aliphatic rings. The maximum absolute atomic E-state index is 14.5. The summed E-state index contributed by atoms with van der Waals surface area (Å²) in [5.74, 6) is -11.7. The lowest BCUT2D eigenvalue weighted by Gasteiger charge is -2.31. The molecule has 3 heterocycles. The van der Waals surface area contributed by atoms with Crippen molar-refractivity contribution < 1.29 is 62.6 Å². The SMILES string of the molecule is CC[C@H](C)[C@@H]1NC(=O)[C@H](Cc2ccc(O)cc2)NC(=O)CCC(=O)NC[C@@H](C(=O)N2CCC[C@H]2C(=O)N[C@@H](Cc2cnc[nH]2)C(=O)NCC(N)=O)NC(=O)[C@H](CC(N)=O)NC(=O)[C@H](CCC(N)=O)NC1=O. The molecule has 2 saturated heterocycles. The first-order chi connectivity index (χ1) is 33.6. The van der Waals surface area contributed by atoms with Crippen molar-refractivity contribution in [3.8, 4) is 5.75 Å². The molecular weight excluding hydrogens is 933 g/mol. The number of hydrogen-bond donors (Lipinski definition) is 13. The number of nitrogens with two attached hydrogens (primary N) is 3. The van der Waals surface area contributed by atoms with Gasteiger partial charge in [0.15, 0.2) is 0 Å². The number of aromatic amines is 1. The molecule has 27 heteroatoms. The van der Waals surface area contributed by atoms with Crippen LogP contribution in [0.15, 0.2) is 36.8 Å². The van der Waals surface area contributed by atoms with Gasteiger partial charge in [-0.2, -0.15) is 0 Å². The van der Waals surface area contributed by atoms with Gasteiger partial charge < -0.3 is 74.7 Å². The molecule has 8 atom stereocenters. The molecule has 12 amide bonds. The van der Waals surface area contributed by atoms with Gasteiger partial charge in [0.2, 0.25) is 70.9 Å².